The van der Waals surface area contributed by atoms with Gasteiger partial charge in [0.1, 0.15) is 0 Å². The molecule has 0 spiro atoms. The Morgan fingerprint density at radius 2 is 2.50 bits per heavy atom. The molecule has 0 aliphatic heterocycles. The summed E-state index contributed by atoms with van der Waals surface area (Å²) in [4.78, 5) is 0. The van der Waals surface area contributed by atoms with Crippen LogP contribution in [0.3, 0.4) is 0 Å². The molecular formula is C7H10FNO. The Labute approximate surface area is 58.8 Å². The monoisotopic (exact) mass is 143 g/mol. The van der Waals surface area contributed by atoms with Crippen LogP contribution in [0.15, 0.2) is 23.0 Å². The van der Waals surface area contributed by atoms with E-state index in [0.29, 0.717) is 6.42 Å². The molecule has 0 bridgehead atoms. The highest BCUT2D eigenvalue weighted by atomic mass is 19.1. The minimum absolute atomic E-state index is 0.219. The highest BCUT2D eigenvalue weighted by Gasteiger charge is 2.05. The van der Waals surface area contributed by atoms with E-state index in [1.54, 1.807) is 12.3 Å². The molecule has 0 amide bonds. The highest BCUT2D eigenvalue weighted by molar-refractivity contribution is 5.10. The molecule has 1 heterocycles. The van der Waals surface area contributed by atoms with Gasteiger partial charge in [-0.15, -0.1) is 0 Å². The van der Waals surface area contributed by atoms with E-state index < -0.39 is 0 Å². The standard InChI is InChI=1S/C7H10FNO/c8-3-1-7(9)6-2-4-10-5-6/h2,4-5,7H,1,3,9H2/t7-/m1/s1. The normalized spacial score (nSPS) is 13.4. The Balaban J connectivity index is 2.50. The molecule has 2 N–H and O–H groups in total. The van der Waals surface area contributed by atoms with Crippen molar-refractivity contribution in [1.29, 1.82) is 0 Å². The first-order chi connectivity index (χ1) is 4.84. The van der Waals surface area contributed by atoms with E-state index in [1.165, 1.54) is 6.26 Å². The summed E-state index contributed by atoms with van der Waals surface area (Å²) in [5.74, 6) is 0. The summed E-state index contributed by atoms with van der Waals surface area (Å²) in [6, 6.07) is 1.53. The summed E-state index contributed by atoms with van der Waals surface area (Å²) in [5.41, 5.74) is 6.41. The van der Waals surface area contributed by atoms with Crippen LogP contribution in [0.1, 0.15) is 18.0 Å². The van der Waals surface area contributed by atoms with Gasteiger partial charge in [-0.3, -0.25) is 4.39 Å². The number of furan rings is 1. The van der Waals surface area contributed by atoms with Gasteiger partial charge in [-0.25, -0.2) is 0 Å². The minimum Gasteiger partial charge on any atom is -0.472 e. The van der Waals surface area contributed by atoms with Gasteiger partial charge in [-0.05, 0) is 12.5 Å². The average Bonchev–Trinajstić information content (AvgIpc) is 2.38. The van der Waals surface area contributed by atoms with Crippen LogP contribution in [0.2, 0.25) is 0 Å². The van der Waals surface area contributed by atoms with Gasteiger partial charge in [0.25, 0.3) is 0 Å². The van der Waals surface area contributed by atoms with Crippen LogP contribution >= 0.6 is 0 Å². The van der Waals surface area contributed by atoms with Gasteiger partial charge in [0, 0.05) is 11.6 Å². The largest absolute Gasteiger partial charge is 0.472 e. The first-order valence-electron chi connectivity index (χ1n) is 3.18. The van der Waals surface area contributed by atoms with Crippen LogP contribution in [0.5, 0.6) is 0 Å². The fraction of sp³-hybridized carbons (Fsp3) is 0.429. The molecule has 10 heavy (non-hydrogen) atoms. The number of rotatable bonds is 3. The second-order valence-corrected chi connectivity index (χ2v) is 2.14. The molecule has 0 saturated heterocycles. The molecule has 1 atom stereocenters. The lowest BCUT2D eigenvalue weighted by Gasteiger charge is -2.03. The molecule has 1 rings (SSSR count). The van der Waals surface area contributed by atoms with Gasteiger partial charge in [-0.1, -0.05) is 0 Å². The third-order valence-electron chi connectivity index (χ3n) is 1.39. The summed E-state index contributed by atoms with van der Waals surface area (Å²) >= 11 is 0. The zero-order valence-corrected chi connectivity index (χ0v) is 5.59. The molecule has 0 aromatic carbocycles. The zero-order chi connectivity index (χ0) is 7.40. The summed E-state index contributed by atoms with van der Waals surface area (Å²) in [6.07, 6.45) is 3.44. The number of hydrogen-bond donors (Lipinski definition) is 1. The van der Waals surface area contributed by atoms with E-state index in [0.717, 1.165) is 5.56 Å². The molecule has 0 aliphatic rings. The maximum atomic E-state index is 11.7. The SMILES string of the molecule is N[C@H](CCF)c1ccoc1. The molecular weight excluding hydrogens is 133 g/mol. The molecule has 0 radical (unpaired) electrons. The average molecular weight is 143 g/mol. The van der Waals surface area contributed by atoms with E-state index in [1.807, 2.05) is 0 Å². The van der Waals surface area contributed by atoms with Crippen molar-refractivity contribution in [2.45, 2.75) is 12.5 Å². The Kier molecular flexibility index (Phi) is 2.45. The summed E-state index contributed by atoms with van der Waals surface area (Å²) in [6.45, 7) is -0.383. The van der Waals surface area contributed by atoms with Gasteiger partial charge in [0.2, 0.25) is 0 Å². The fourth-order valence-electron chi connectivity index (χ4n) is 0.770. The van der Waals surface area contributed by atoms with Crippen molar-refractivity contribution >= 4 is 0 Å². The summed E-state index contributed by atoms with van der Waals surface area (Å²) < 4.78 is 16.5. The maximum absolute atomic E-state index is 11.7. The van der Waals surface area contributed by atoms with Crippen LogP contribution in [0.4, 0.5) is 4.39 Å². The smallest absolute Gasteiger partial charge is 0.0950 e. The van der Waals surface area contributed by atoms with Crippen molar-refractivity contribution in [3.63, 3.8) is 0 Å². The van der Waals surface area contributed by atoms with E-state index in [-0.39, 0.29) is 12.7 Å². The molecule has 56 valence electrons. The predicted octanol–water partition coefficient (Wildman–Crippen LogP) is 1.64. The molecule has 0 aliphatic carbocycles. The quantitative estimate of drug-likeness (QED) is 0.698. The van der Waals surface area contributed by atoms with Gasteiger partial charge in [-0.2, -0.15) is 0 Å². The number of hydrogen-bond acceptors (Lipinski definition) is 2. The first kappa shape index (κ1) is 7.28. The molecule has 0 unspecified atom stereocenters. The van der Waals surface area contributed by atoms with Crippen molar-refractivity contribution in [2.75, 3.05) is 6.67 Å². The van der Waals surface area contributed by atoms with E-state index in [2.05, 4.69) is 0 Å². The second-order valence-electron chi connectivity index (χ2n) is 2.14. The molecule has 1 aromatic heterocycles. The first-order valence-corrected chi connectivity index (χ1v) is 3.18. The van der Waals surface area contributed by atoms with Crippen molar-refractivity contribution in [3.05, 3.63) is 24.2 Å². The Bertz CT molecular complexity index is 174. The number of nitrogens with two attached hydrogens (primary N) is 1. The molecule has 3 heteroatoms. The lowest BCUT2D eigenvalue weighted by atomic mass is 10.1. The number of alkyl halides is 1. The molecule has 0 fully saturated rings. The van der Waals surface area contributed by atoms with Crippen LogP contribution in [-0.4, -0.2) is 6.67 Å². The van der Waals surface area contributed by atoms with E-state index >= 15 is 0 Å². The lowest BCUT2D eigenvalue weighted by Crippen LogP contribution is -2.09. The van der Waals surface area contributed by atoms with Crippen molar-refractivity contribution < 1.29 is 8.81 Å². The van der Waals surface area contributed by atoms with Crippen LogP contribution in [-0.2, 0) is 0 Å². The minimum atomic E-state index is -0.383. The van der Waals surface area contributed by atoms with E-state index in [4.69, 9.17) is 10.2 Å². The van der Waals surface area contributed by atoms with Crippen LogP contribution in [0, 0.1) is 0 Å². The van der Waals surface area contributed by atoms with Gasteiger partial charge in [0.15, 0.2) is 0 Å². The Hall–Kier alpha value is -0.830. The second kappa shape index (κ2) is 3.37. The highest BCUT2D eigenvalue weighted by Crippen LogP contribution is 2.13. The van der Waals surface area contributed by atoms with Crippen LogP contribution < -0.4 is 5.73 Å². The van der Waals surface area contributed by atoms with Gasteiger partial charge < -0.3 is 10.2 Å². The van der Waals surface area contributed by atoms with Gasteiger partial charge >= 0.3 is 0 Å². The maximum Gasteiger partial charge on any atom is 0.0950 e. The third kappa shape index (κ3) is 1.57. The third-order valence-corrected chi connectivity index (χ3v) is 1.39. The number of halogens is 1. The van der Waals surface area contributed by atoms with Crippen LogP contribution in [0.25, 0.3) is 0 Å². The molecule has 2 nitrogen and oxygen atoms in total. The van der Waals surface area contributed by atoms with Crippen molar-refractivity contribution in [1.82, 2.24) is 0 Å². The zero-order valence-electron chi connectivity index (χ0n) is 5.59. The van der Waals surface area contributed by atoms with E-state index in [9.17, 15) is 4.39 Å². The summed E-state index contributed by atoms with van der Waals surface area (Å²) in [5, 5.41) is 0. The molecule has 0 saturated carbocycles. The fourth-order valence-corrected chi connectivity index (χ4v) is 0.770. The van der Waals surface area contributed by atoms with Crippen molar-refractivity contribution in [2.24, 2.45) is 5.73 Å². The molecule has 1 aromatic rings. The van der Waals surface area contributed by atoms with Crippen molar-refractivity contribution in [3.8, 4) is 0 Å². The topological polar surface area (TPSA) is 39.2 Å². The Morgan fingerprint density at radius 1 is 1.70 bits per heavy atom. The van der Waals surface area contributed by atoms with Gasteiger partial charge in [0.05, 0.1) is 19.2 Å². The summed E-state index contributed by atoms with van der Waals surface area (Å²) in [7, 11) is 0. The lowest BCUT2D eigenvalue weighted by molar-refractivity contribution is 0.440. The Morgan fingerprint density at radius 3 is 3.00 bits per heavy atom. The predicted molar refractivity (Wildman–Crippen MR) is 36.2 cm³/mol.